The van der Waals surface area contributed by atoms with Crippen molar-refractivity contribution in [1.82, 2.24) is 29.5 Å². The van der Waals surface area contributed by atoms with E-state index in [1.807, 2.05) is 30.3 Å². The summed E-state index contributed by atoms with van der Waals surface area (Å²) >= 11 is 0. The minimum absolute atomic E-state index is 0.00120. The second-order valence-electron chi connectivity index (χ2n) is 10.2. The summed E-state index contributed by atoms with van der Waals surface area (Å²) in [6, 6.07) is 13.6. The molecule has 0 bridgehead atoms. The molecule has 1 saturated heterocycles. The Balaban J connectivity index is 1.24. The highest BCUT2D eigenvalue weighted by Gasteiger charge is 2.30. The van der Waals surface area contributed by atoms with Gasteiger partial charge in [-0.15, -0.1) is 0 Å². The molecule has 212 valence electrons. The Labute approximate surface area is 238 Å². The van der Waals surface area contributed by atoms with Crippen molar-refractivity contribution < 1.29 is 14.4 Å². The minimum atomic E-state index is -0.845. The molecular formula is C30H27N7O5. The lowest BCUT2D eigenvalue weighted by Gasteiger charge is -2.24. The van der Waals surface area contributed by atoms with Crippen LogP contribution in [0.1, 0.15) is 42.4 Å². The third-order valence-corrected chi connectivity index (χ3v) is 7.55. The molecule has 3 N–H and O–H groups in total. The Hall–Kier alpha value is -5.39. The van der Waals surface area contributed by atoms with Crippen molar-refractivity contribution in [2.24, 2.45) is 0 Å². The first-order valence-electron chi connectivity index (χ1n) is 13.5. The molecule has 0 spiro atoms. The lowest BCUT2D eigenvalue weighted by Crippen LogP contribution is -2.45. The number of H-pyrrole nitrogens is 1. The summed E-state index contributed by atoms with van der Waals surface area (Å²) in [5, 5.41) is 8.29. The van der Waals surface area contributed by atoms with Crippen LogP contribution in [0.2, 0.25) is 0 Å². The van der Waals surface area contributed by atoms with Gasteiger partial charge >= 0.3 is 0 Å². The highest BCUT2D eigenvalue weighted by Crippen LogP contribution is 2.25. The van der Waals surface area contributed by atoms with E-state index in [0.717, 1.165) is 11.1 Å². The molecule has 1 aliphatic rings. The van der Waals surface area contributed by atoms with E-state index in [1.54, 1.807) is 38.2 Å². The Morgan fingerprint density at radius 3 is 2.55 bits per heavy atom. The first kappa shape index (κ1) is 26.8. The maximum absolute atomic E-state index is 13.4. The fraction of sp³-hybridized carbons (Fsp3) is 0.233. The van der Waals surface area contributed by atoms with Crippen molar-refractivity contribution in [3.63, 3.8) is 0 Å². The number of aromatic amines is 1. The SMILES string of the molecule is Cc1nc2c(-c3ccccc3)c[nH]n2c(=O)c1CCC(=O)Nc1cccc2c(=O)n(C3CCC(=O)NC3=O)c(C)nc12. The number of benzene rings is 2. The van der Waals surface area contributed by atoms with Crippen LogP contribution in [0.5, 0.6) is 0 Å². The molecule has 0 radical (unpaired) electrons. The van der Waals surface area contributed by atoms with Gasteiger partial charge in [-0.1, -0.05) is 36.4 Å². The van der Waals surface area contributed by atoms with E-state index in [4.69, 9.17) is 0 Å². The number of aromatic nitrogens is 5. The van der Waals surface area contributed by atoms with Crippen LogP contribution in [0.15, 0.2) is 64.3 Å². The molecule has 4 heterocycles. The summed E-state index contributed by atoms with van der Waals surface area (Å²) in [5.41, 5.74) is 3.12. The smallest absolute Gasteiger partial charge is 0.276 e. The number of piperidine rings is 1. The quantitative estimate of drug-likeness (QED) is 0.267. The van der Waals surface area contributed by atoms with Crippen LogP contribution in [0.25, 0.3) is 27.7 Å². The number of aryl methyl sites for hydroxylation is 2. The zero-order valence-corrected chi connectivity index (χ0v) is 22.9. The van der Waals surface area contributed by atoms with Gasteiger partial charge in [0.2, 0.25) is 17.7 Å². The molecule has 2 aromatic carbocycles. The number of anilines is 1. The van der Waals surface area contributed by atoms with E-state index in [2.05, 4.69) is 25.7 Å². The first-order chi connectivity index (χ1) is 20.2. The number of fused-ring (bicyclic) bond motifs is 2. The zero-order valence-electron chi connectivity index (χ0n) is 22.9. The lowest BCUT2D eigenvalue weighted by atomic mass is 10.1. The molecule has 0 saturated carbocycles. The number of carbonyl (C=O) groups excluding carboxylic acids is 3. The van der Waals surface area contributed by atoms with Crippen LogP contribution in [0.3, 0.4) is 0 Å². The van der Waals surface area contributed by atoms with Crippen molar-refractivity contribution in [2.75, 3.05) is 5.32 Å². The fourth-order valence-electron chi connectivity index (χ4n) is 5.45. The van der Waals surface area contributed by atoms with E-state index >= 15 is 0 Å². The topological polar surface area (TPSA) is 160 Å². The molecule has 1 unspecified atom stereocenters. The molecule has 3 aromatic heterocycles. The summed E-state index contributed by atoms with van der Waals surface area (Å²) in [7, 11) is 0. The van der Waals surface area contributed by atoms with E-state index in [9.17, 15) is 24.0 Å². The molecule has 42 heavy (non-hydrogen) atoms. The highest BCUT2D eigenvalue weighted by molar-refractivity contribution is 6.01. The summed E-state index contributed by atoms with van der Waals surface area (Å²) in [4.78, 5) is 72.9. The number of imide groups is 1. The van der Waals surface area contributed by atoms with Crippen LogP contribution in [-0.4, -0.2) is 41.9 Å². The molecule has 0 aliphatic carbocycles. The Morgan fingerprint density at radius 2 is 1.79 bits per heavy atom. The average Bonchev–Trinajstić information content (AvgIpc) is 3.39. The van der Waals surface area contributed by atoms with Crippen LogP contribution < -0.4 is 21.8 Å². The number of hydrogen-bond donors (Lipinski definition) is 3. The number of amides is 3. The Bertz CT molecular complexity index is 2020. The molecular weight excluding hydrogens is 538 g/mol. The summed E-state index contributed by atoms with van der Waals surface area (Å²) in [6.07, 6.45) is 2.22. The van der Waals surface area contributed by atoms with Crippen molar-refractivity contribution in [3.8, 4) is 11.1 Å². The normalized spacial score (nSPS) is 15.2. The van der Waals surface area contributed by atoms with E-state index in [1.165, 1.54) is 9.08 Å². The predicted octanol–water partition coefficient (Wildman–Crippen LogP) is 2.57. The number of rotatable bonds is 6. The third-order valence-electron chi connectivity index (χ3n) is 7.55. The second-order valence-corrected chi connectivity index (χ2v) is 10.2. The van der Waals surface area contributed by atoms with Gasteiger partial charge in [0, 0.05) is 35.9 Å². The molecule has 12 nitrogen and oxygen atoms in total. The number of para-hydroxylation sites is 1. The van der Waals surface area contributed by atoms with Gasteiger partial charge in [-0.25, -0.2) is 14.5 Å². The van der Waals surface area contributed by atoms with E-state index < -0.39 is 17.5 Å². The zero-order chi connectivity index (χ0) is 29.5. The standard InChI is InChI=1S/C30H27N7O5/c1-16-19(30(42)37-27(32-16)21(15-31-37)18-7-4-3-5-8-18)11-13-24(38)34-22-10-6-9-20-26(22)33-17(2)36(29(20)41)23-12-14-25(39)35-28(23)40/h3-10,15,23,31H,11-14H2,1-2H3,(H,34,38)(H,35,39,40). The highest BCUT2D eigenvalue weighted by atomic mass is 16.2. The van der Waals surface area contributed by atoms with Crippen molar-refractivity contribution in [1.29, 1.82) is 0 Å². The maximum Gasteiger partial charge on any atom is 0.276 e. The largest absolute Gasteiger partial charge is 0.324 e. The third kappa shape index (κ3) is 4.66. The van der Waals surface area contributed by atoms with E-state index in [0.29, 0.717) is 22.6 Å². The molecule has 12 heteroatoms. The molecule has 1 aliphatic heterocycles. The van der Waals surface area contributed by atoms with Gasteiger partial charge in [-0.05, 0) is 44.4 Å². The van der Waals surface area contributed by atoms with Crippen LogP contribution in [0.4, 0.5) is 5.69 Å². The van der Waals surface area contributed by atoms with Gasteiger partial charge in [0.15, 0.2) is 5.65 Å². The van der Waals surface area contributed by atoms with Crippen LogP contribution >= 0.6 is 0 Å². The predicted molar refractivity (Wildman–Crippen MR) is 155 cm³/mol. The second kappa shape index (κ2) is 10.5. The Kier molecular flexibility index (Phi) is 6.73. The molecule has 3 amide bonds. The monoisotopic (exact) mass is 565 g/mol. The van der Waals surface area contributed by atoms with Crippen molar-refractivity contribution >= 4 is 40.0 Å². The number of carbonyl (C=O) groups is 3. The van der Waals surface area contributed by atoms with Crippen molar-refractivity contribution in [2.45, 2.75) is 45.6 Å². The Morgan fingerprint density at radius 1 is 1.00 bits per heavy atom. The molecule has 1 atom stereocenters. The lowest BCUT2D eigenvalue weighted by molar-refractivity contribution is -0.135. The maximum atomic E-state index is 13.4. The molecule has 6 rings (SSSR count). The van der Waals surface area contributed by atoms with Gasteiger partial charge in [0.25, 0.3) is 11.1 Å². The molecule has 5 aromatic rings. The first-order valence-corrected chi connectivity index (χ1v) is 13.5. The fourth-order valence-corrected chi connectivity index (χ4v) is 5.45. The minimum Gasteiger partial charge on any atom is -0.324 e. The van der Waals surface area contributed by atoms with Gasteiger partial charge in [0.1, 0.15) is 17.4 Å². The summed E-state index contributed by atoms with van der Waals surface area (Å²) in [5.74, 6) is -1.00. The average molecular weight is 566 g/mol. The van der Waals surface area contributed by atoms with Gasteiger partial charge < -0.3 is 5.32 Å². The van der Waals surface area contributed by atoms with Crippen LogP contribution in [-0.2, 0) is 20.8 Å². The summed E-state index contributed by atoms with van der Waals surface area (Å²) < 4.78 is 2.67. The number of nitrogens with zero attached hydrogens (tertiary/aromatic N) is 4. The van der Waals surface area contributed by atoms with Crippen LogP contribution in [0, 0.1) is 13.8 Å². The molecule has 1 fully saturated rings. The van der Waals surface area contributed by atoms with Gasteiger partial charge in [-0.3, -0.25) is 39.0 Å². The van der Waals surface area contributed by atoms with Gasteiger partial charge in [-0.2, -0.15) is 0 Å². The summed E-state index contributed by atoms with van der Waals surface area (Å²) in [6.45, 7) is 3.35. The number of nitrogens with one attached hydrogen (secondary N) is 3. The van der Waals surface area contributed by atoms with E-state index in [-0.39, 0.29) is 59.8 Å². The number of hydrogen-bond acceptors (Lipinski definition) is 7. The van der Waals surface area contributed by atoms with Crippen molar-refractivity contribution in [3.05, 3.63) is 92.5 Å². The van der Waals surface area contributed by atoms with Gasteiger partial charge in [0.05, 0.1) is 11.1 Å².